The fourth-order valence-corrected chi connectivity index (χ4v) is 4.23. The lowest BCUT2D eigenvalue weighted by atomic mass is 10.1. The van der Waals surface area contributed by atoms with Crippen molar-refractivity contribution in [2.24, 2.45) is 0 Å². The summed E-state index contributed by atoms with van der Waals surface area (Å²) in [5, 5.41) is 5.62. The quantitative estimate of drug-likeness (QED) is 0.384. The number of ether oxygens (including phenoxy) is 1. The molecule has 0 spiro atoms. The third kappa shape index (κ3) is 5.09. The molecule has 0 N–H and O–H groups in total. The summed E-state index contributed by atoms with van der Waals surface area (Å²) >= 11 is 0. The molecule has 1 fully saturated rings. The van der Waals surface area contributed by atoms with Crippen molar-refractivity contribution < 1.29 is 17.9 Å². The number of alkyl halides is 3. The van der Waals surface area contributed by atoms with E-state index in [-0.39, 0.29) is 6.23 Å². The van der Waals surface area contributed by atoms with Crippen molar-refractivity contribution in [2.45, 2.75) is 50.9 Å². The summed E-state index contributed by atoms with van der Waals surface area (Å²) < 4.78 is 46.1. The largest absolute Gasteiger partial charge is 0.416 e. The second-order valence-electron chi connectivity index (χ2n) is 8.49. The number of halogens is 3. The van der Waals surface area contributed by atoms with Gasteiger partial charge in [-0.2, -0.15) is 18.3 Å². The van der Waals surface area contributed by atoms with Crippen molar-refractivity contribution >= 4 is 10.9 Å². The van der Waals surface area contributed by atoms with Gasteiger partial charge in [0.05, 0.1) is 17.3 Å². The Kier molecular flexibility index (Phi) is 6.28. The van der Waals surface area contributed by atoms with Crippen LogP contribution in [-0.4, -0.2) is 31.3 Å². The highest BCUT2D eigenvalue weighted by Gasteiger charge is 2.29. The molecule has 0 radical (unpaired) electrons. The molecule has 5 rings (SSSR count). The van der Waals surface area contributed by atoms with Gasteiger partial charge in [-0.05, 0) is 61.1 Å². The molecular weight excluding hydrogens is 443 g/mol. The van der Waals surface area contributed by atoms with Crippen LogP contribution in [0.1, 0.15) is 53.8 Å². The van der Waals surface area contributed by atoms with E-state index in [0.29, 0.717) is 24.5 Å². The first-order valence-electron chi connectivity index (χ1n) is 11.4. The predicted molar refractivity (Wildman–Crippen MR) is 120 cm³/mol. The third-order valence-electron chi connectivity index (χ3n) is 6.04. The Morgan fingerprint density at radius 1 is 0.941 bits per heavy atom. The highest BCUT2D eigenvalue weighted by molar-refractivity contribution is 5.79. The maximum atomic E-state index is 12.8. The van der Waals surface area contributed by atoms with Gasteiger partial charge in [0.25, 0.3) is 0 Å². The molecule has 176 valence electrons. The Bertz CT molecular complexity index is 1260. The summed E-state index contributed by atoms with van der Waals surface area (Å²) in [5.74, 6) is 1.19. The second kappa shape index (κ2) is 9.50. The van der Waals surface area contributed by atoms with E-state index in [1.54, 1.807) is 0 Å². The van der Waals surface area contributed by atoms with E-state index >= 15 is 0 Å². The smallest absolute Gasteiger partial charge is 0.356 e. The highest BCUT2D eigenvalue weighted by atomic mass is 19.4. The zero-order valence-corrected chi connectivity index (χ0v) is 18.5. The first-order valence-corrected chi connectivity index (χ1v) is 11.4. The highest BCUT2D eigenvalue weighted by Crippen LogP contribution is 2.29. The fourth-order valence-electron chi connectivity index (χ4n) is 4.23. The van der Waals surface area contributed by atoms with Crippen molar-refractivity contribution in [3.8, 4) is 0 Å². The molecule has 1 aliphatic rings. The molecule has 3 heterocycles. The van der Waals surface area contributed by atoms with Crippen molar-refractivity contribution in [3.63, 3.8) is 0 Å². The molecule has 1 saturated heterocycles. The third-order valence-corrected chi connectivity index (χ3v) is 6.04. The van der Waals surface area contributed by atoms with E-state index in [0.717, 1.165) is 66.5 Å². The summed E-state index contributed by atoms with van der Waals surface area (Å²) in [6.45, 7) is 0.775. The number of aromatic nitrogens is 5. The Morgan fingerprint density at radius 2 is 1.74 bits per heavy atom. The van der Waals surface area contributed by atoms with Crippen LogP contribution in [0.2, 0.25) is 0 Å². The average Bonchev–Trinajstić information content (AvgIpc) is 3.27. The number of benzene rings is 2. The van der Waals surface area contributed by atoms with Gasteiger partial charge in [0.1, 0.15) is 18.0 Å². The number of fused-ring (bicyclic) bond motifs is 1. The van der Waals surface area contributed by atoms with Crippen molar-refractivity contribution in [3.05, 3.63) is 83.3 Å². The van der Waals surface area contributed by atoms with Crippen molar-refractivity contribution in [1.29, 1.82) is 0 Å². The van der Waals surface area contributed by atoms with Crippen LogP contribution in [-0.2, 0) is 30.2 Å². The van der Waals surface area contributed by atoms with Gasteiger partial charge in [0.2, 0.25) is 0 Å². The van der Waals surface area contributed by atoms with E-state index in [1.165, 1.54) is 18.5 Å². The molecule has 0 aliphatic carbocycles. The normalized spacial score (nSPS) is 16.7. The zero-order valence-electron chi connectivity index (χ0n) is 18.5. The Labute approximate surface area is 194 Å². The van der Waals surface area contributed by atoms with Gasteiger partial charge in [-0.1, -0.05) is 18.2 Å². The van der Waals surface area contributed by atoms with E-state index in [9.17, 15) is 13.2 Å². The lowest BCUT2D eigenvalue weighted by Crippen LogP contribution is -2.18. The molecule has 4 aromatic rings. The SMILES string of the molecule is FC(F)(F)c1ccc(Cc2ncnc(CCc3ccc4c(cnn4C4CCCCO4)c3)n2)cc1. The van der Waals surface area contributed by atoms with Gasteiger partial charge in [-0.3, -0.25) is 0 Å². The first-order chi connectivity index (χ1) is 16.5. The molecule has 6 nitrogen and oxygen atoms in total. The summed E-state index contributed by atoms with van der Waals surface area (Å²) in [6, 6.07) is 11.4. The number of rotatable bonds is 6. The van der Waals surface area contributed by atoms with Gasteiger partial charge >= 0.3 is 6.18 Å². The van der Waals surface area contributed by atoms with Gasteiger partial charge in [-0.15, -0.1) is 0 Å². The molecule has 34 heavy (non-hydrogen) atoms. The van der Waals surface area contributed by atoms with Crippen LogP contribution in [0.5, 0.6) is 0 Å². The Balaban J connectivity index is 1.23. The zero-order chi connectivity index (χ0) is 23.5. The van der Waals surface area contributed by atoms with E-state index in [2.05, 4.69) is 38.2 Å². The van der Waals surface area contributed by atoms with E-state index in [1.807, 2.05) is 10.9 Å². The summed E-state index contributed by atoms with van der Waals surface area (Å²) in [5.41, 5.74) is 2.27. The Morgan fingerprint density at radius 3 is 2.50 bits per heavy atom. The minimum atomic E-state index is -4.34. The minimum Gasteiger partial charge on any atom is -0.356 e. The van der Waals surface area contributed by atoms with Crippen LogP contribution >= 0.6 is 0 Å². The summed E-state index contributed by atoms with van der Waals surface area (Å²) in [6.07, 6.45) is 3.96. The number of hydrogen-bond acceptors (Lipinski definition) is 5. The van der Waals surface area contributed by atoms with Crippen LogP contribution < -0.4 is 0 Å². The predicted octanol–water partition coefficient (Wildman–Crippen LogP) is 5.32. The molecule has 0 saturated carbocycles. The molecule has 1 aliphatic heterocycles. The van der Waals surface area contributed by atoms with Crippen LogP contribution in [0.15, 0.2) is 55.0 Å². The molecular formula is C25H24F3N5O. The Hall–Kier alpha value is -3.33. The van der Waals surface area contributed by atoms with Crippen LogP contribution in [0.25, 0.3) is 10.9 Å². The monoisotopic (exact) mass is 467 g/mol. The second-order valence-corrected chi connectivity index (χ2v) is 8.49. The lowest BCUT2D eigenvalue weighted by Gasteiger charge is -2.23. The molecule has 0 amide bonds. The average molecular weight is 467 g/mol. The van der Waals surface area contributed by atoms with Crippen molar-refractivity contribution in [1.82, 2.24) is 24.7 Å². The van der Waals surface area contributed by atoms with Crippen LogP contribution in [0.3, 0.4) is 0 Å². The van der Waals surface area contributed by atoms with Crippen molar-refractivity contribution in [2.75, 3.05) is 6.61 Å². The number of hydrogen-bond donors (Lipinski definition) is 0. The number of aryl methyl sites for hydroxylation is 2. The summed E-state index contributed by atoms with van der Waals surface area (Å²) in [7, 11) is 0. The van der Waals surface area contributed by atoms with Gasteiger partial charge < -0.3 is 4.74 Å². The molecule has 1 unspecified atom stereocenters. The van der Waals surface area contributed by atoms with Gasteiger partial charge in [-0.25, -0.2) is 19.6 Å². The molecule has 2 aromatic heterocycles. The van der Waals surface area contributed by atoms with E-state index in [4.69, 9.17) is 4.74 Å². The molecule has 2 aromatic carbocycles. The maximum absolute atomic E-state index is 12.8. The molecule has 9 heteroatoms. The standard InChI is InChI=1S/C25H24F3N5O/c26-25(27,28)20-8-4-18(5-9-20)14-23-30-16-29-22(32-23)11-7-17-6-10-21-19(13-17)15-31-33(21)24-3-1-2-12-34-24/h4-6,8-10,13,15-16,24H,1-3,7,11-12,14H2. The molecule has 1 atom stereocenters. The maximum Gasteiger partial charge on any atom is 0.416 e. The van der Waals surface area contributed by atoms with Crippen LogP contribution in [0.4, 0.5) is 13.2 Å². The van der Waals surface area contributed by atoms with E-state index < -0.39 is 11.7 Å². The van der Waals surface area contributed by atoms with Gasteiger partial charge in [0, 0.05) is 24.8 Å². The van der Waals surface area contributed by atoms with Gasteiger partial charge in [0.15, 0.2) is 6.23 Å². The molecule has 0 bridgehead atoms. The minimum absolute atomic E-state index is 0.00500. The topological polar surface area (TPSA) is 65.7 Å². The number of nitrogens with zero attached hydrogens (tertiary/aromatic N) is 5. The fraction of sp³-hybridized carbons (Fsp3) is 0.360. The first kappa shape index (κ1) is 22.5. The summed E-state index contributed by atoms with van der Waals surface area (Å²) in [4.78, 5) is 13.0. The van der Waals surface area contributed by atoms with Crippen LogP contribution in [0, 0.1) is 0 Å². The lowest BCUT2D eigenvalue weighted by molar-refractivity contribution is -0.137.